The number of rotatable bonds is 4. The largest absolute Gasteiger partial charge is 0.480 e. The maximum Gasteiger partial charge on any atom is 0.321 e. The van der Waals surface area contributed by atoms with Crippen LogP contribution in [0.15, 0.2) is 0 Å². The SMILES string of the molecule is CNC(=O)NC(=O)CCN1CCCCC1C(=O)O. The van der Waals surface area contributed by atoms with Crippen molar-refractivity contribution in [2.75, 3.05) is 20.1 Å². The number of piperidine rings is 1. The van der Waals surface area contributed by atoms with Gasteiger partial charge in [-0.3, -0.25) is 19.8 Å². The van der Waals surface area contributed by atoms with Crippen molar-refractivity contribution in [1.82, 2.24) is 15.5 Å². The highest BCUT2D eigenvalue weighted by molar-refractivity contribution is 5.94. The van der Waals surface area contributed by atoms with Gasteiger partial charge in [-0.1, -0.05) is 6.42 Å². The summed E-state index contributed by atoms with van der Waals surface area (Å²) < 4.78 is 0. The quantitative estimate of drug-likeness (QED) is 0.646. The van der Waals surface area contributed by atoms with Gasteiger partial charge in [0.25, 0.3) is 0 Å². The van der Waals surface area contributed by atoms with Crippen molar-refractivity contribution in [2.24, 2.45) is 0 Å². The number of amides is 3. The summed E-state index contributed by atoms with van der Waals surface area (Å²) >= 11 is 0. The molecule has 1 aliphatic rings. The second kappa shape index (κ2) is 6.95. The Bertz CT molecular complexity index is 332. The van der Waals surface area contributed by atoms with Gasteiger partial charge in [-0.15, -0.1) is 0 Å². The van der Waals surface area contributed by atoms with E-state index in [1.54, 1.807) is 4.90 Å². The molecule has 0 radical (unpaired) electrons. The number of aliphatic carboxylic acids is 1. The van der Waals surface area contributed by atoms with Gasteiger partial charge in [0.1, 0.15) is 6.04 Å². The Morgan fingerprint density at radius 2 is 2.06 bits per heavy atom. The summed E-state index contributed by atoms with van der Waals surface area (Å²) in [5.74, 6) is -1.24. The maximum absolute atomic E-state index is 11.4. The molecule has 1 fully saturated rings. The first-order valence-corrected chi connectivity index (χ1v) is 6.03. The van der Waals surface area contributed by atoms with Crippen molar-refractivity contribution in [2.45, 2.75) is 31.7 Å². The maximum atomic E-state index is 11.4. The predicted octanol–water partition coefficient (Wildman–Crippen LogP) is -0.229. The molecule has 1 aliphatic heterocycles. The Labute approximate surface area is 106 Å². The van der Waals surface area contributed by atoms with E-state index in [1.165, 1.54) is 7.05 Å². The molecule has 3 amide bonds. The van der Waals surface area contributed by atoms with Crippen LogP contribution in [-0.2, 0) is 9.59 Å². The van der Waals surface area contributed by atoms with E-state index in [4.69, 9.17) is 5.11 Å². The highest BCUT2D eigenvalue weighted by atomic mass is 16.4. The summed E-state index contributed by atoms with van der Waals surface area (Å²) in [6.45, 7) is 1.05. The number of carboxylic acids is 1. The van der Waals surface area contributed by atoms with Gasteiger partial charge in [0.15, 0.2) is 0 Å². The standard InChI is InChI=1S/C11H19N3O4/c1-12-11(18)13-9(15)5-7-14-6-3-2-4-8(14)10(16)17/h8H,2-7H2,1H3,(H,16,17)(H2,12,13,15,18). The highest BCUT2D eigenvalue weighted by Crippen LogP contribution is 2.17. The van der Waals surface area contributed by atoms with Crippen LogP contribution in [0.2, 0.25) is 0 Å². The van der Waals surface area contributed by atoms with Gasteiger partial charge in [-0.25, -0.2) is 4.79 Å². The minimum atomic E-state index is -0.846. The number of urea groups is 1. The van der Waals surface area contributed by atoms with E-state index in [0.717, 1.165) is 12.8 Å². The first-order valence-electron chi connectivity index (χ1n) is 6.03. The van der Waals surface area contributed by atoms with Crippen LogP contribution in [0.5, 0.6) is 0 Å². The van der Waals surface area contributed by atoms with Crippen molar-refractivity contribution in [1.29, 1.82) is 0 Å². The first kappa shape index (κ1) is 14.4. The number of nitrogens with one attached hydrogen (secondary N) is 2. The fourth-order valence-corrected chi connectivity index (χ4v) is 2.04. The molecule has 0 aromatic rings. The summed E-state index contributed by atoms with van der Waals surface area (Å²) in [6, 6.07) is -1.06. The molecule has 7 nitrogen and oxygen atoms in total. The summed E-state index contributed by atoms with van der Waals surface area (Å²) in [5.41, 5.74) is 0. The van der Waals surface area contributed by atoms with E-state index in [1.807, 2.05) is 0 Å². The van der Waals surface area contributed by atoms with E-state index < -0.39 is 23.9 Å². The zero-order valence-electron chi connectivity index (χ0n) is 10.4. The Kier molecular flexibility index (Phi) is 5.57. The van der Waals surface area contributed by atoms with Crippen molar-refractivity contribution in [3.63, 3.8) is 0 Å². The number of likely N-dealkylation sites (tertiary alicyclic amines) is 1. The minimum absolute atomic E-state index is 0.122. The molecule has 0 spiro atoms. The zero-order valence-corrected chi connectivity index (χ0v) is 10.4. The zero-order chi connectivity index (χ0) is 13.5. The molecule has 1 rings (SSSR count). The summed E-state index contributed by atoms with van der Waals surface area (Å²) in [6.07, 6.45) is 2.59. The number of nitrogens with zero attached hydrogens (tertiary/aromatic N) is 1. The molecule has 1 saturated heterocycles. The third kappa shape index (κ3) is 4.33. The van der Waals surface area contributed by atoms with Crippen LogP contribution in [0.1, 0.15) is 25.7 Å². The molecule has 0 saturated carbocycles. The summed E-state index contributed by atoms with van der Waals surface area (Å²) in [5, 5.41) is 13.5. The van der Waals surface area contributed by atoms with Crippen molar-refractivity contribution >= 4 is 17.9 Å². The molecule has 0 aromatic heterocycles. The highest BCUT2D eigenvalue weighted by Gasteiger charge is 2.28. The number of hydrogen-bond acceptors (Lipinski definition) is 4. The molecule has 102 valence electrons. The molecule has 0 aliphatic carbocycles. The lowest BCUT2D eigenvalue weighted by atomic mass is 10.0. The van der Waals surface area contributed by atoms with Gasteiger partial charge in [-0.2, -0.15) is 0 Å². The van der Waals surface area contributed by atoms with Gasteiger partial charge < -0.3 is 10.4 Å². The molecule has 3 N–H and O–H groups in total. The number of carbonyl (C=O) groups excluding carboxylic acids is 2. The third-order valence-corrected chi connectivity index (χ3v) is 3.00. The monoisotopic (exact) mass is 257 g/mol. The van der Waals surface area contributed by atoms with Gasteiger partial charge in [-0.05, 0) is 19.4 Å². The first-order chi connectivity index (χ1) is 8.54. The molecule has 0 bridgehead atoms. The topological polar surface area (TPSA) is 98.7 Å². The molecule has 1 heterocycles. The number of hydrogen-bond donors (Lipinski definition) is 3. The lowest BCUT2D eigenvalue weighted by molar-refractivity contribution is -0.145. The molecule has 1 atom stereocenters. The second-order valence-electron chi connectivity index (χ2n) is 4.26. The summed E-state index contributed by atoms with van der Waals surface area (Å²) in [7, 11) is 1.42. The Morgan fingerprint density at radius 3 is 2.67 bits per heavy atom. The lowest BCUT2D eigenvalue weighted by Crippen LogP contribution is -2.46. The number of carbonyl (C=O) groups is 3. The Hall–Kier alpha value is -1.63. The van der Waals surface area contributed by atoms with Gasteiger partial charge >= 0.3 is 12.0 Å². The van der Waals surface area contributed by atoms with Crippen molar-refractivity contribution in [3.05, 3.63) is 0 Å². The Balaban J connectivity index is 2.38. The van der Waals surface area contributed by atoms with Crippen LogP contribution < -0.4 is 10.6 Å². The number of carboxylic acid groups (broad SMARTS) is 1. The van der Waals surface area contributed by atoms with Crippen molar-refractivity contribution in [3.8, 4) is 0 Å². The van der Waals surface area contributed by atoms with E-state index in [2.05, 4.69) is 10.6 Å². The van der Waals surface area contributed by atoms with Gasteiger partial charge in [0.2, 0.25) is 5.91 Å². The molecular formula is C11H19N3O4. The van der Waals surface area contributed by atoms with Crippen LogP contribution >= 0.6 is 0 Å². The smallest absolute Gasteiger partial charge is 0.321 e. The van der Waals surface area contributed by atoms with Crippen LogP contribution in [0.3, 0.4) is 0 Å². The normalized spacial score (nSPS) is 20.2. The van der Waals surface area contributed by atoms with Crippen LogP contribution in [0, 0.1) is 0 Å². The van der Waals surface area contributed by atoms with Gasteiger partial charge in [0.05, 0.1) is 0 Å². The molecule has 18 heavy (non-hydrogen) atoms. The van der Waals surface area contributed by atoms with Gasteiger partial charge in [0, 0.05) is 20.0 Å². The Morgan fingerprint density at radius 1 is 1.33 bits per heavy atom. The fraction of sp³-hybridized carbons (Fsp3) is 0.727. The van der Waals surface area contributed by atoms with E-state index in [0.29, 0.717) is 19.5 Å². The second-order valence-corrected chi connectivity index (χ2v) is 4.26. The molecular weight excluding hydrogens is 238 g/mol. The van der Waals surface area contributed by atoms with E-state index in [-0.39, 0.29) is 6.42 Å². The van der Waals surface area contributed by atoms with Crippen molar-refractivity contribution < 1.29 is 19.5 Å². The van der Waals surface area contributed by atoms with E-state index in [9.17, 15) is 14.4 Å². The van der Waals surface area contributed by atoms with Crippen LogP contribution in [0.25, 0.3) is 0 Å². The van der Waals surface area contributed by atoms with Crippen LogP contribution in [-0.4, -0.2) is 54.1 Å². The third-order valence-electron chi connectivity index (χ3n) is 3.00. The molecule has 7 heteroatoms. The summed E-state index contributed by atoms with van der Waals surface area (Å²) in [4.78, 5) is 35.1. The molecule has 0 aromatic carbocycles. The average Bonchev–Trinajstić information content (AvgIpc) is 2.36. The minimum Gasteiger partial charge on any atom is -0.480 e. The van der Waals surface area contributed by atoms with Crippen LogP contribution in [0.4, 0.5) is 4.79 Å². The van der Waals surface area contributed by atoms with E-state index >= 15 is 0 Å². The molecule has 1 unspecified atom stereocenters. The fourth-order valence-electron chi connectivity index (χ4n) is 2.04. The lowest BCUT2D eigenvalue weighted by Gasteiger charge is -2.32. The average molecular weight is 257 g/mol. The number of imide groups is 1. The predicted molar refractivity (Wildman–Crippen MR) is 64.1 cm³/mol.